The van der Waals surface area contributed by atoms with Crippen molar-refractivity contribution in [2.45, 2.75) is 30.8 Å². The molecule has 1 aliphatic rings. The minimum atomic E-state index is 0.426. The van der Waals surface area contributed by atoms with E-state index in [0.29, 0.717) is 6.10 Å². The van der Waals surface area contributed by atoms with Gasteiger partial charge in [0.1, 0.15) is 0 Å². The molecule has 1 unspecified atom stereocenters. The van der Waals surface area contributed by atoms with E-state index in [2.05, 4.69) is 12.1 Å². The molecule has 0 bridgehead atoms. The van der Waals surface area contributed by atoms with E-state index >= 15 is 0 Å². The van der Waals surface area contributed by atoms with Gasteiger partial charge in [-0.1, -0.05) is 12.1 Å². The van der Waals surface area contributed by atoms with Crippen LogP contribution in [0.15, 0.2) is 23.1 Å². The minimum absolute atomic E-state index is 0.426. The summed E-state index contributed by atoms with van der Waals surface area (Å²) in [6.45, 7) is 2.97. The van der Waals surface area contributed by atoms with Crippen LogP contribution in [0.5, 0.6) is 0 Å². The van der Waals surface area contributed by atoms with Gasteiger partial charge in [0.2, 0.25) is 0 Å². The van der Waals surface area contributed by atoms with Gasteiger partial charge < -0.3 is 10.5 Å². The van der Waals surface area contributed by atoms with E-state index < -0.39 is 0 Å². The highest BCUT2D eigenvalue weighted by Gasteiger charge is 2.16. The second-order valence-electron chi connectivity index (χ2n) is 3.93. The molecular formula is C12H17NOS. The van der Waals surface area contributed by atoms with E-state index in [1.54, 1.807) is 0 Å². The first-order valence-corrected chi connectivity index (χ1v) is 6.35. The zero-order valence-corrected chi connectivity index (χ0v) is 9.85. The summed E-state index contributed by atoms with van der Waals surface area (Å²) in [6, 6.07) is 6.19. The number of hydrogen-bond donors (Lipinski definition) is 1. The first-order valence-electron chi connectivity index (χ1n) is 5.37. The number of benzene rings is 1. The lowest BCUT2D eigenvalue weighted by Gasteiger charge is -2.11. The van der Waals surface area contributed by atoms with Crippen molar-refractivity contribution < 1.29 is 4.74 Å². The Bertz CT molecular complexity index is 334. The van der Waals surface area contributed by atoms with Crippen molar-refractivity contribution in [2.75, 3.05) is 18.1 Å². The fourth-order valence-electron chi connectivity index (χ4n) is 1.74. The normalized spacial score (nSPS) is 20.7. The van der Waals surface area contributed by atoms with Crippen LogP contribution >= 0.6 is 11.8 Å². The van der Waals surface area contributed by atoms with Crippen LogP contribution in [0.3, 0.4) is 0 Å². The zero-order chi connectivity index (χ0) is 10.7. The Balaban J connectivity index is 1.95. The van der Waals surface area contributed by atoms with Crippen molar-refractivity contribution in [1.82, 2.24) is 0 Å². The Hall–Kier alpha value is -0.670. The summed E-state index contributed by atoms with van der Waals surface area (Å²) in [7, 11) is 0. The highest BCUT2D eigenvalue weighted by atomic mass is 32.2. The summed E-state index contributed by atoms with van der Waals surface area (Å²) >= 11 is 1.81. The van der Waals surface area contributed by atoms with Gasteiger partial charge in [0, 0.05) is 22.9 Å². The number of nitrogen functional groups attached to an aromatic ring is 1. The molecule has 0 aromatic heterocycles. The van der Waals surface area contributed by atoms with Crippen molar-refractivity contribution in [3.8, 4) is 0 Å². The molecule has 1 aliphatic heterocycles. The van der Waals surface area contributed by atoms with E-state index in [1.807, 2.05) is 24.8 Å². The standard InChI is InChI=1S/C12H17NOS/c1-9-4-2-6-11(12(9)13)15-8-10-5-3-7-14-10/h2,4,6,10H,3,5,7-8,13H2,1H3. The lowest BCUT2D eigenvalue weighted by atomic mass is 10.2. The molecule has 1 aromatic carbocycles. The highest BCUT2D eigenvalue weighted by molar-refractivity contribution is 7.99. The summed E-state index contributed by atoms with van der Waals surface area (Å²) in [5.74, 6) is 1.02. The van der Waals surface area contributed by atoms with E-state index in [1.165, 1.54) is 17.7 Å². The third kappa shape index (κ3) is 2.67. The lowest BCUT2D eigenvalue weighted by molar-refractivity contribution is 0.129. The van der Waals surface area contributed by atoms with Crippen LogP contribution < -0.4 is 5.73 Å². The van der Waals surface area contributed by atoms with E-state index in [9.17, 15) is 0 Å². The summed E-state index contributed by atoms with van der Waals surface area (Å²) in [4.78, 5) is 1.19. The second kappa shape index (κ2) is 4.90. The Morgan fingerprint density at radius 1 is 1.53 bits per heavy atom. The molecule has 1 aromatic rings. The number of rotatable bonds is 3. The third-order valence-electron chi connectivity index (χ3n) is 2.73. The predicted octanol–water partition coefficient (Wildman–Crippen LogP) is 2.85. The summed E-state index contributed by atoms with van der Waals surface area (Å²) in [5.41, 5.74) is 8.08. The Labute approximate surface area is 95.2 Å². The number of nitrogens with two attached hydrogens (primary N) is 1. The molecular weight excluding hydrogens is 206 g/mol. The number of anilines is 1. The molecule has 0 spiro atoms. The molecule has 0 radical (unpaired) electrons. The number of aryl methyl sites for hydroxylation is 1. The molecule has 2 N–H and O–H groups in total. The summed E-state index contributed by atoms with van der Waals surface area (Å²) in [5, 5.41) is 0. The number of ether oxygens (including phenoxy) is 1. The van der Waals surface area contributed by atoms with Gasteiger partial charge in [-0.2, -0.15) is 0 Å². The van der Waals surface area contributed by atoms with Gasteiger partial charge in [-0.15, -0.1) is 11.8 Å². The van der Waals surface area contributed by atoms with Gasteiger partial charge in [-0.05, 0) is 31.4 Å². The molecule has 2 rings (SSSR count). The van der Waals surface area contributed by atoms with E-state index in [4.69, 9.17) is 10.5 Å². The topological polar surface area (TPSA) is 35.2 Å². The monoisotopic (exact) mass is 223 g/mol. The van der Waals surface area contributed by atoms with Gasteiger partial charge in [-0.3, -0.25) is 0 Å². The van der Waals surface area contributed by atoms with Crippen molar-refractivity contribution in [2.24, 2.45) is 0 Å². The first-order chi connectivity index (χ1) is 7.27. The Kier molecular flexibility index (Phi) is 3.54. The maximum absolute atomic E-state index is 6.01. The summed E-state index contributed by atoms with van der Waals surface area (Å²) < 4.78 is 5.58. The predicted molar refractivity (Wildman–Crippen MR) is 65.3 cm³/mol. The fourth-order valence-corrected chi connectivity index (χ4v) is 2.86. The minimum Gasteiger partial charge on any atom is -0.398 e. The van der Waals surface area contributed by atoms with Crippen LogP contribution in [0.1, 0.15) is 18.4 Å². The van der Waals surface area contributed by atoms with Crippen molar-refractivity contribution in [1.29, 1.82) is 0 Å². The Morgan fingerprint density at radius 3 is 3.13 bits per heavy atom. The van der Waals surface area contributed by atoms with Crippen LogP contribution in [0.2, 0.25) is 0 Å². The van der Waals surface area contributed by atoms with Crippen LogP contribution in [-0.4, -0.2) is 18.5 Å². The van der Waals surface area contributed by atoms with Gasteiger partial charge in [0.05, 0.1) is 6.10 Å². The Morgan fingerprint density at radius 2 is 2.40 bits per heavy atom. The molecule has 0 amide bonds. The van der Waals surface area contributed by atoms with Crippen LogP contribution in [0.25, 0.3) is 0 Å². The van der Waals surface area contributed by atoms with E-state index in [0.717, 1.165) is 23.6 Å². The molecule has 1 atom stereocenters. The maximum atomic E-state index is 6.01. The molecule has 0 saturated carbocycles. The van der Waals surface area contributed by atoms with Gasteiger partial charge in [0.25, 0.3) is 0 Å². The van der Waals surface area contributed by atoms with Crippen LogP contribution in [-0.2, 0) is 4.74 Å². The first kappa shape index (κ1) is 10.8. The van der Waals surface area contributed by atoms with Crippen molar-refractivity contribution in [3.05, 3.63) is 23.8 Å². The van der Waals surface area contributed by atoms with Gasteiger partial charge in [-0.25, -0.2) is 0 Å². The average molecular weight is 223 g/mol. The zero-order valence-electron chi connectivity index (χ0n) is 9.03. The molecule has 2 nitrogen and oxygen atoms in total. The molecule has 15 heavy (non-hydrogen) atoms. The molecule has 1 heterocycles. The smallest absolute Gasteiger partial charge is 0.0669 e. The second-order valence-corrected chi connectivity index (χ2v) is 4.99. The number of thioether (sulfide) groups is 1. The van der Waals surface area contributed by atoms with Gasteiger partial charge in [0.15, 0.2) is 0 Å². The fraction of sp³-hybridized carbons (Fsp3) is 0.500. The number of para-hydroxylation sites is 1. The number of hydrogen-bond acceptors (Lipinski definition) is 3. The van der Waals surface area contributed by atoms with Gasteiger partial charge >= 0.3 is 0 Å². The van der Waals surface area contributed by atoms with E-state index in [-0.39, 0.29) is 0 Å². The quantitative estimate of drug-likeness (QED) is 0.632. The average Bonchev–Trinajstić information content (AvgIpc) is 2.73. The largest absolute Gasteiger partial charge is 0.398 e. The maximum Gasteiger partial charge on any atom is 0.0669 e. The molecule has 0 aliphatic carbocycles. The van der Waals surface area contributed by atoms with Crippen LogP contribution in [0, 0.1) is 6.92 Å². The summed E-state index contributed by atoms with van der Waals surface area (Å²) in [6.07, 6.45) is 2.82. The van der Waals surface area contributed by atoms with Crippen LogP contribution in [0.4, 0.5) is 5.69 Å². The highest BCUT2D eigenvalue weighted by Crippen LogP contribution is 2.29. The SMILES string of the molecule is Cc1cccc(SCC2CCCO2)c1N. The molecule has 1 fully saturated rings. The van der Waals surface area contributed by atoms with Crippen molar-refractivity contribution in [3.63, 3.8) is 0 Å². The molecule has 82 valence electrons. The molecule has 3 heteroatoms. The third-order valence-corrected chi connectivity index (χ3v) is 3.94. The lowest BCUT2D eigenvalue weighted by Crippen LogP contribution is -2.08. The van der Waals surface area contributed by atoms with Crippen molar-refractivity contribution >= 4 is 17.4 Å². The molecule has 1 saturated heterocycles.